The monoisotopic (exact) mass is 269 g/mol. The van der Waals surface area contributed by atoms with Gasteiger partial charge in [-0.25, -0.2) is 4.99 Å². The van der Waals surface area contributed by atoms with E-state index < -0.39 is 0 Å². The normalized spacial score (nSPS) is 18.3. The van der Waals surface area contributed by atoms with E-state index in [0.29, 0.717) is 31.2 Å². The van der Waals surface area contributed by atoms with E-state index in [0.717, 1.165) is 19.4 Å². The minimum atomic E-state index is -0.320. The van der Waals surface area contributed by atoms with Crippen LogP contribution in [-0.2, 0) is 9.53 Å². The average Bonchev–Trinajstić information content (AvgIpc) is 2.36. The van der Waals surface area contributed by atoms with Crippen LogP contribution in [0.2, 0.25) is 0 Å². The largest absolute Gasteiger partial charge is 0.493 e. The molecule has 1 amide bonds. The van der Waals surface area contributed by atoms with Gasteiger partial charge >= 0.3 is 0 Å². The summed E-state index contributed by atoms with van der Waals surface area (Å²) in [6.07, 6.45) is 4.52. The van der Waals surface area contributed by atoms with Gasteiger partial charge in [-0.2, -0.15) is 0 Å². The molecule has 0 saturated heterocycles. The molecule has 108 valence electrons. The molecule has 0 aliphatic carbocycles. The van der Waals surface area contributed by atoms with Gasteiger partial charge in [0, 0.05) is 6.42 Å². The van der Waals surface area contributed by atoms with Crippen molar-refractivity contribution in [3.63, 3.8) is 0 Å². The quantitative estimate of drug-likeness (QED) is 0.431. The second-order valence-corrected chi connectivity index (χ2v) is 4.35. The van der Waals surface area contributed by atoms with E-state index in [1.165, 1.54) is 0 Å². The molecule has 0 saturated carbocycles. The van der Waals surface area contributed by atoms with Gasteiger partial charge in [-0.05, 0) is 19.4 Å². The van der Waals surface area contributed by atoms with E-state index in [-0.39, 0.29) is 12.1 Å². The Morgan fingerprint density at radius 3 is 3.05 bits per heavy atom. The number of rotatable bonds is 9. The summed E-state index contributed by atoms with van der Waals surface area (Å²) in [7, 11) is 0. The maximum Gasteiger partial charge on any atom is 0.217 e. The second-order valence-electron chi connectivity index (χ2n) is 4.35. The molecule has 6 N–H and O–H groups in total. The van der Waals surface area contributed by atoms with Crippen LogP contribution in [0.25, 0.3) is 0 Å². The van der Waals surface area contributed by atoms with E-state index in [1.54, 1.807) is 6.20 Å². The summed E-state index contributed by atoms with van der Waals surface area (Å²) in [6.45, 7) is 3.42. The van der Waals surface area contributed by atoms with Gasteiger partial charge in [-0.3, -0.25) is 10.1 Å². The van der Waals surface area contributed by atoms with E-state index >= 15 is 0 Å². The Morgan fingerprint density at radius 2 is 2.37 bits per heavy atom. The van der Waals surface area contributed by atoms with Crippen LogP contribution in [0.4, 0.5) is 0 Å². The van der Waals surface area contributed by atoms with Gasteiger partial charge in [0.15, 0.2) is 11.7 Å². The molecule has 1 heterocycles. The lowest BCUT2D eigenvalue weighted by molar-refractivity contribution is -0.118. The molecular formula is C12H23N5O2. The minimum Gasteiger partial charge on any atom is -0.493 e. The number of hydrogen-bond acceptors (Lipinski definition) is 6. The fourth-order valence-corrected chi connectivity index (χ4v) is 1.60. The number of nitrogens with zero attached hydrogens (tertiary/aromatic N) is 1. The molecule has 7 heteroatoms. The number of amides is 1. The zero-order chi connectivity index (χ0) is 14.1. The first-order valence-electron chi connectivity index (χ1n) is 6.57. The van der Waals surface area contributed by atoms with Gasteiger partial charge in [0.25, 0.3) is 0 Å². The molecule has 19 heavy (non-hydrogen) atoms. The first-order valence-corrected chi connectivity index (χ1v) is 6.57. The molecule has 0 aromatic carbocycles. The summed E-state index contributed by atoms with van der Waals surface area (Å²) in [6, 6.07) is 0. The highest BCUT2D eigenvalue weighted by Crippen LogP contribution is 2.08. The molecular weight excluding hydrogens is 246 g/mol. The van der Waals surface area contributed by atoms with Crippen molar-refractivity contribution in [2.45, 2.75) is 38.8 Å². The number of primary amides is 1. The van der Waals surface area contributed by atoms with Gasteiger partial charge < -0.3 is 21.5 Å². The fourth-order valence-electron chi connectivity index (χ4n) is 1.60. The predicted octanol–water partition coefficient (Wildman–Crippen LogP) is -0.256. The highest BCUT2D eigenvalue weighted by atomic mass is 16.5. The number of ether oxygens (including phenoxy) is 1. The molecule has 0 bridgehead atoms. The van der Waals surface area contributed by atoms with Gasteiger partial charge in [-0.15, -0.1) is 0 Å². The third kappa shape index (κ3) is 6.10. The molecule has 0 spiro atoms. The number of nitrogens with one attached hydrogen (secondary N) is 2. The summed E-state index contributed by atoms with van der Waals surface area (Å²) in [5, 5.41) is 6.30. The van der Waals surface area contributed by atoms with Crippen LogP contribution in [0, 0.1) is 0 Å². The second kappa shape index (κ2) is 8.36. The molecule has 7 nitrogen and oxygen atoms in total. The third-order valence-electron chi connectivity index (χ3n) is 2.62. The fraction of sp³-hybridized carbons (Fsp3) is 0.667. The summed E-state index contributed by atoms with van der Waals surface area (Å²) in [4.78, 5) is 14.6. The Morgan fingerprint density at radius 1 is 1.58 bits per heavy atom. The van der Waals surface area contributed by atoms with Crippen LogP contribution in [0.5, 0.6) is 0 Å². The van der Waals surface area contributed by atoms with Crippen molar-refractivity contribution in [1.29, 1.82) is 0 Å². The molecule has 0 aromatic rings. The van der Waals surface area contributed by atoms with E-state index in [1.807, 2.05) is 0 Å². The summed E-state index contributed by atoms with van der Waals surface area (Å²) in [5.74, 6) is 0.715. The molecule has 1 aliphatic rings. The van der Waals surface area contributed by atoms with Crippen molar-refractivity contribution in [2.24, 2.45) is 16.5 Å². The summed E-state index contributed by atoms with van der Waals surface area (Å²) >= 11 is 0. The molecule has 0 fully saturated rings. The number of guanidine groups is 1. The first-order chi connectivity index (χ1) is 9.13. The summed E-state index contributed by atoms with van der Waals surface area (Å²) in [5.41, 5.74) is 10.7. The SMILES string of the molecule is CCCCNC1NC(N)=NC=C1OCCCC(N)=O. The van der Waals surface area contributed by atoms with E-state index in [4.69, 9.17) is 16.2 Å². The molecule has 1 rings (SSSR count). The predicted molar refractivity (Wildman–Crippen MR) is 73.9 cm³/mol. The highest BCUT2D eigenvalue weighted by Gasteiger charge is 2.19. The van der Waals surface area contributed by atoms with E-state index in [2.05, 4.69) is 22.5 Å². The van der Waals surface area contributed by atoms with Crippen LogP contribution in [-0.4, -0.2) is 31.2 Å². The smallest absolute Gasteiger partial charge is 0.217 e. The Labute approximate surface area is 113 Å². The Kier molecular flexibility index (Phi) is 6.73. The zero-order valence-corrected chi connectivity index (χ0v) is 11.3. The van der Waals surface area contributed by atoms with Crippen LogP contribution in [0.15, 0.2) is 17.0 Å². The first kappa shape index (κ1) is 15.3. The number of carbonyl (C=O) groups excluding carboxylic acids is 1. The van der Waals surface area contributed by atoms with Gasteiger partial charge in [-0.1, -0.05) is 13.3 Å². The van der Waals surface area contributed by atoms with Gasteiger partial charge in [0.2, 0.25) is 5.91 Å². The Bertz CT molecular complexity index is 354. The van der Waals surface area contributed by atoms with Crippen molar-refractivity contribution < 1.29 is 9.53 Å². The molecule has 0 radical (unpaired) electrons. The molecule has 0 aromatic heterocycles. The van der Waals surface area contributed by atoms with E-state index in [9.17, 15) is 4.79 Å². The topological polar surface area (TPSA) is 115 Å². The van der Waals surface area contributed by atoms with Crippen molar-refractivity contribution in [3.8, 4) is 0 Å². The molecule has 1 aliphatic heterocycles. The zero-order valence-electron chi connectivity index (χ0n) is 11.3. The number of aliphatic imine (C=N–C) groups is 1. The van der Waals surface area contributed by atoms with Crippen molar-refractivity contribution in [2.75, 3.05) is 13.2 Å². The Balaban J connectivity index is 2.39. The number of unbranched alkanes of at least 4 members (excludes halogenated alkanes) is 1. The van der Waals surface area contributed by atoms with Crippen LogP contribution < -0.4 is 22.1 Å². The van der Waals surface area contributed by atoms with Crippen LogP contribution in [0.3, 0.4) is 0 Å². The lowest BCUT2D eigenvalue weighted by atomic mass is 10.3. The van der Waals surface area contributed by atoms with Crippen molar-refractivity contribution >= 4 is 11.9 Å². The Hall–Kier alpha value is -1.76. The van der Waals surface area contributed by atoms with Crippen molar-refractivity contribution in [3.05, 3.63) is 12.0 Å². The third-order valence-corrected chi connectivity index (χ3v) is 2.62. The molecule has 1 unspecified atom stereocenters. The van der Waals surface area contributed by atoms with Crippen LogP contribution >= 0.6 is 0 Å². The highest BCUT2D eigenvalue weighted by molar-refractivity contribution is 5.80. The van der Waals surface area contributed by atoms with Crippen LogP contribution in [0.1, 0.15) is 32.6 Å². The van der Waals surface area contributed by atoms with Crippen molar-refractivity contribution in [1.82, 2.24) is 10.6 Å². The number of carbonyl (C=O) groups is 1. The maximum atomic E-state index is 10.6. The standard InChI is InChI=1S/C12H23N5O2/c1-2-3-6-15-11-9(8-16-12(14)17-11)19-7-4-5-10(13)18/h8,11,15H,2-7H2,1H3,(H2,13,18)(H3,14,16,17). The molecule has 1 atom stereocenters. The average molecular weight is 269 g/mol. The maximum absolute atomic E-state index is 10.6. The minimum absolute atomic E-state index is 0.169. The number of nitrogens with two attached hydrogens (primary N) is 2. The lowest BCUT2D eigenvalue weighted by Crippen LogP contribution is -2.51. The lowest BCUT2D eigenvalue weighted by Gasteiger charge is -2.25. The summed E-state index contributed by atoms with van der Waals surface area (Å²) < 4.78 is 5.59. The number of hydrogen-bond donors (Lipinski definition) is 4. The van der Waals surface area contributed by atoms with Gasteiger partial charge in [0.1, 0.15) is 6.17 Å². The van der Waals surface area contributed by atoms with Gasteiger partial charge in [0.05, 0.1) is 12.8 Å².